The first kappa shape index (κ1) is 21.0. The van der Waals surface area contributed by atoms with E-state index in [-0.39, 0.29) is 16.8 Å². The van der Waals surface area contributed by atoms with E-state index in [1.165, 1.54) is 0 Å². The van der Waals surface area contributed by atoms with Crippen molar-refractivity contribution in [2.75, 3.05) is 18.1 Å². The Morgan fingerprint density at radius 2 is 1.97 bits per heavy atom. The van der Waals surface area contributed by atoms with E-state index < -0.39 is 0 Å². The molecule has 2 aromatic carbocycles. The Bertz CT molecular complexity index is 1160. The van der Waals surface area contributed by atoms with Crippen molar-refractivity contribution < 1.29 is 14.3 Å². The number of para-hydroxylation sites is 2. The van der Waals surface area contributed by atoms with Crippen LogP contribution in [0.4, 0.5) is 6.01 Å². The molecule has 0 fully saturated rings. The molecule has 0 saturated carbocycles. The number of nitrogens with zero attached hydrogens (tertiary/aromatic N) is 2. The third-order valence-corrected chi connectivity index (χ3v) is 5.82. The van der Waals surface area contributed by atoms with Gasteiger partial charge >= 0.3 is 4.87 Å². The highest BCUT2D eigenvalue weighted by molar-refractivity contribution is 7.09. The summed E-state index contributed by atoms with van der Waals surface area (Å²) in [5, 5.41) is 9.71. The first-order chi connectivity index (χ1) is 15.0. The average Bonchev–Trinajstić information content (AvgIpc) is 3.31. The molecule has 4 aromatic rings. The summed E-state index contributed by atoms with van der Waals surface area (Å²) in [6.45, 7) is 5.58. The molecule has 0 spiro atoms. The van der Waals surface area contributed by atoms with Gasteiger partial charge in [-0.1, -0.05) is 35.6 Å². The third-order valence-electron chi connectivity index (χ3n) is 4.95. The van der Waals surface area contributed by atoms with Crippen LogP contribution in [0.5, 0.6) is 11.6 Å². The number of anilines is 1. The molecule has 4 rings (SSSR count). The predicted octanol–water partition coefficient (Wildman–Crippen LogP) is 4.56. The lowest BCUT2D eigenvalue weighted by atomic mass is 10.1. The Hall–Kier alpha value is -3.26. The van der Waals surface area contributed by atoms with Crippen LogP contribution in [-0.4, -0.2) is 34.3 Å². The van der Waals surface area contributed by atoms with Crippen molar-refractivity contribution in [2.45, 2.75) is 32.7 Å². The van der Waals surface area contributed by atoms with Crippen molar-refractivity contribution >= 4 is 28.5 Å². The van der Waals surface area contributed by atoms with Crippen LogP contribution >= 0.6 is 11.3 Å². The quantitative estimate of drug-likeness (QED) is 0.372. The van der Waals surface area contributed by atoms with Gasteiger partial charge in [0.1, 0.15) is 11.3 Å². The number of ether oxygens (including phenoxy) is 1. The minimum Gasteiger partial charge on any atom is -0.494 e. The number of benzene rings is 2. The number of aromatic amines is 1. The molecule has 0 aliphatic rings. The molecular formula is C23H25N3O4S. The number of oxazole rings is 1. The molecule has 162 valence electrons. The summed E-state index contributed by atoms with van der Waals surface area (Å²) in [6, 6.07) is 16.4. The van der Waals surface area contributed by atoms with E-state index in [0.717, 1.165) is 46.7 Å². The summed E-state index contributed by atoms with van der Waals surface area (Å²) >= 11 is 1.02. The summed E-state index contributed by atoms with van der Waals surface area (Å²) in [5.74, 6) is 0.733. The molecule has 2 aromatic heterocycles. The number of thiazole rings is 1. The van der Waals surface area contributed by atoms with Gasteiger partial charge < -0.3 is 19.2 Å². The monoisotopic (exact) mass is 439 g/mol. The van der Waals surface area contributed by atoms with Gasteiger partial charge in [-0.2, -0.15) is 4.98 Å². The summed E-state index contributed by atoms with van der Waals surface area (Å²) in [7, 11) is 0. The molecule has 0 radical (unpaired) electrons. The van der Waals surface area contributed by atoms with Gasteiger partial charge in [0.05, 0.1) is 11.5 Å². The number of fused-ring (bicyclic) bond motifs is 1. The summed E-state index contributed by atoms with van der Waals surface area (Å²) < 4.78 is 11.8. The number of H-pyrrole nitrogens is 1. The van der Waals surface area contributed by atoms with Crippen LogP contribution in [0.3, 0.4) is 0 Å². The lowest BCUT2D eigenvalue weighted by molar-refractivity contribution is 0.309. The summed E-state index contributed by atoms with van der Waals surface area (Å²) in [4.78, 5) is 20.8. The van der Waals surface area contributed by atoms with E-state index in [0.29, 0.717) is 23.9 Å². The van der Waals surface area contributed by atoms with E-state index in [1.807, 2.05) is 48.5 Å². The smallest absolute Gasteiger partial charge is 0.307 e. The molecule has 0 bridgehead atoms. The fourth-order valence-corrected chi connectivity index (χ4v) is 4.10. The minimum atomic E-state index is -0.249. The van der Waals surface area contributed by atoms with Crippen molar-refractivity contribution in [3.63, 3.8) is 0 Å². The number of rotatable bonds is 9. The molecule has 0 aliphatic heterocycles. The second-order valence-corrected chi connectivity index (χ2v) is 8.63. The van der Waals surface area contributed by atoms with Crippen LogP contribution in [0.15, 0.2) is 57.7 Å². The second kappa shape index (κ2) is 9.26. The summed E-state index contributed by atoms with van der Waals surface area (Å²) in [5.41, 5.74) is 2.65. The highest BCUT2D eigenvalue weighted by Crippen LogP contribution is 2.24. The maximum Gasteiger partial charge on any atom is 0.307 e. The maximum absolute atomic E-state index is 11.3. The Balaban J connectivity index is 1.30. The van der Waals surface area contributed by atoms with Crippen LogP contribution in [0.2, 0.25) is 0 Å². The number of aromatic nitrogens is 2. The highest BCUT2D eigenvalue weighted by Gasteiger charge is 2.17. The van der Waals surface area contributed by atoms with Gasteiger partial charge in [0, 0.05) is 19.0 Å². The van der Waals surface area contributed by atoms with Crippen LogP contribution in [0, 0.1) is 0 Å². The van der Waals surface area contributed by atoms with Crippen LogP contribution in [0.25, 0.3) is 11.1 Å². The third kappa shape index (κ3) is 5.08. The lowest BCUT2D eigenvalue weighted by Crippen LogP contribution is -2.32. The Morgan fingerprint density at radius 1 is 1.19 bits per heavy atom. The second-order valence-electron chi connectivity index (χ2n) is 7.56. The number of nitrogens with one attached hydrogen (secondary N) is 1. The molecular weight excluding hydrogens is 414 g/mol. The molecule has 31 heavy (non-hydrogen) atoms. The van der Waals surface area contributed by atoms with Gasteiger partial charge in [-0.25, -0.2) is 0 Å². The lowest BCUT2D eigenvalue weighted by Gasteiger charge is -2.24. The zero-order chi connectivity index (χ0) is 21.8. The maximum atomic E-state index is 11.3. The molecule has 0 aliphatic carbocycles. The molecule has 2 N–H and O–H groups in total. The Kier molecular flexibility index (Phi) is 6.27. The van der Waals surface area contributed by atoms with Gasteiger partial charge in [0.15, 0.2) is 5.58 Å². The number of hydrogen-bond donors (Lipinski definition) is 2. The van der Waals surface area contributed by atoms with E-state index in [1.54, 1.807) is 0 Å². The fourth-order valence-electron chi connectivity index (χ4n) is 3.34. The molecule has 2 heterocycles. The van der Waals surface area contributed by atoms with Crippen molar-refractivity contribution in [1.82, 2.24) is 9.97 Å². The first-order valence-corrected chi connectivity index (χ1v) is 11.1. The van der Waals surface area contributed by atoms with Gasteiger partial charge in [-0.15, -0.1) is 0 Å². The zero-order valence-corrected chi connectivity index (χ0v) is 18.3. The number of aromatic hydroxyl groups is 1. The van der Waals surface area contributed by atoms with E-state index in [9.17, 15) is 9.90 Å². The molecule has 0 amide bonds. The van der Waals surface area contributed by atoms with Crippen molar-refractivity contribution in [1.29, 1.82) is 0 Å². The average molecular weight is 440 g/mol. The molecule has 0 unspecified atom stereocenters. The van der Waals surface area contributed by atoms with Crippen LogP contribution < -0.4 is 14.5 Å². The van der Waals surface area contributed by atoms with Gasteiger partial charge in [0.2, 0.25) is 5.88 Å². The topological polar surface area (TPSA) is 91.6 Å². The minimum absolute atomic E-state index is 0.0519. The largest absolute Gasteiger partial charge is 0.494 e. The number of hydrogen-bond acceptors (Lipinski definition) is 7. The van der Waals surface area contributed by atoms with Crippen molar-refractivity contribution in [2.24, 2.45) is 0 Å². The highest BCUT2D eigenvalue weighted by atomic mass is 32.1. The van der Waals surface area contributed by atoms with Gasteiger partial charge in [-0.3, -0.25) is 9.78 Å². The summed E-state index contributed by atoms with van der Waals surface area (Å²) in [6.07, 6.45) is 1.33. The Labute approximate surface area is 183 Å². The molecule has 0 saturated heterocycles. The Morgan fingerprint density at radius 3 is 2.65 bits per heavy atom. The van der Waals surface area contributed by atoms with Gasteiger partial charge in [-0.05, 0) is 50.1 Å². The molecule has 7 nitrogen and oxygen atoms in total. The normalized spacial score (nSPS) is 11.3. The van der Waals surface area contributed by atoms with E-state index in [4.69, 9.17) is 9.15 Å². The molecule has 8 heteroatoms. The van der Waals surface area contributed by atoms with E-state index >= 15 is 0 Å². The van der Waals surface area contributed by atoms with Crippen molar-refractivity contribution in [3.05, 3.63) is 68.6 Å². The fraction of sp³-hybridized carbons (Fsp3) is 0.304. The first-order valence-electron chi connectivity index (χ1n) is 10.2. The van der Waals surface area contributed by atoms with Gasteiger partial charge in [0.25, 0.3) is 6.01 Å². The standard InChI is InChI=1S/C23H25N3O4S/c1-15(2)26(22-24-18-6-3-4-7-19(18)30-22)12-5-13-29-17-10-8-16(9-11-17)14-20-21(27)25-23(28)31-20/h3-4,6-11,15,27H,5,12-14H2,1-2H3,(H,25,28). The van der Waals surface area contributed by atoms with E-state index in [2.05, 4.69) is 28.7 Å². The predicted molar refractivity (Wildman–Crippen MR) is 122 cm³/mol. The van der Waals surface area contributed by atoms with Crippen LogP contribution in [-0.2, 0) is 6.42 Å². The van der Waals surface area contributed by atoms with Crippen molar-refractivity contribution in [3.8, 4) is 11.6 Å². The zero-order valence-electron chi connectivity index (χ0n) is 17.5. The SMILES string of the molecule is CC(C)N(CCCOc1ccc(Cc2sc(=O)[nH]c2O)cc1)c1nc2ccccc2o1. The molecule has 0 atom stereocenters. The van der Waals surface area contributed by atoms with Crippen LogP contribution in [0.1, 0.15) is 30.7 Å².